The Kier molecular flexibility index (Phi) is 44.0. The number of allylic oxidation sites excluding steroid dienone is 6. The molecule has 3 aliphatic rings. The zero-order valence-corrected chi connectivity index (χ0v) is 77.2. The van der Waals surface area contributed by atoms with Crippen LogP contribution < -0.4 is 36.8 Å². The van der Waals surface area contributed by atoms with Gasteiger partial charge in [-0.1, -0.05) is 77.0 Å². The van der Waals surface area contributed by atoms with Gasteiger partial charge in [-0.15, -0.1) is 0 Å². The van der Waals surface area contributed by atoms with Crippen LogP contribution in [0.15, 0.2) is 77.4 Å². The lowest BCUT2D eigenvalue weighted by molar-refractivity contribution is -0.438. The molecule has 2 heterocycles. The number of carbonyl (C=O) groups excluding carboxylic acids is 13. The number of hydrogen-bond acceptors (Lipinski definition) is 23. The first-order valence-corrected chi connectivity index (χ1v) is 46.7. The number of carboxylic acids is 5. The van der Waals surface area contributed by atoms with Gasteiger partial charge in [0.2, 0.25) is 41.1 Å². The standard InChI is InChI=1S/C92H128N8O27S2/c1-12-99-70-34-27-55(4)46-63(70)91(7,8)78(99)24-15-13-16-25-79-92(9,10)64-50-60(129(124,125)126)30-35-71(64)100(79)43-18-14-17-26-80(108)94-66(32-41-85(116)117)75(105)48-58(28-38-82(110)111)89(122)97-67(33-42-86(118)119)76(106)49-59(29-39-83(112)113)88(121)96-65(31-40-84(114)115)72(102)23-20-44-127-52-77(107)61-21-19-22-62(61)90(123)98-68(45-54(2)3)73(103)36-37-81(109)95-69(53-128-11)74(104)47-56(5)87(120)93-51-57(6)101/h13,15-16,24-25,27,30,34-35,46,50,54,56,58-59,61-62,65-69H,12,14,17-23,26,28-29,31-33,36-45,47-49,51-53H2,1-11H3,(H11-,93,94,95,96,97,98,108,109,110,111,112,113,114,115,116,117,118,119,120,121,122,123,124,125,126)/p+1/t56-,58+,59+,61?,62?,65-,66-,67-,68+,69+/m1/s1. The first-order chi connectivity index (χ1) is 60.6. The van der Waals surface area contributed by atoms with Crippen LogP contribution in [0.2, 0.25) is 0 Å². The molecule has 1 fully saturated rings. The Bertz CT molecular complexity index is 4700. The molecule has 0 bridgehead atoms. The number of nitrogens with one attached hydrogen (secondary N) is 6. The second-order valence-electron chi connectivity index (χ2n) is 34.9. The smallest absolute Gasteiger partial charge is 0.303 e. The van der Waals surface area contributed by atoms with Crippen molar-refractivity contribution in [3.8, 4) is 0 Å². The van der Waals surface area contributed by atoms with Gasteiger partial charge in [0.05, 0.1) is 47.1 Å². The molecule has 2 aromatic rings. The normalized spacial score (nSPS) is 17.2. The zero-order valence-electron chi connectivity index (χ0n) is 75.6. The Labute approximate surface area is 757 Å². The Morgan fingerprint density at radius 3 is 1.65 bits per heavy atom. The first-order valence-electron chi connectivity index (χ1n) is 43.9. The number of ether oxygens (including phenoxy) is 1. The summed E-state index contributed by atoms with van der Waals surface area (Å²) in [4.78, 5) is 238. The lowest BCUT2D eigenvalue weighted by atomic mass is 9.81. The summed E-state index contributed by atoms with van der Waals surface area (Å²) >= 11 is 1.28. The van der Waals surface area contributed by atoms with Crippen LogP contribution in [-0.4, -0.2) is 230 Å². The van der Waals surface area contributed by atoms with Gasteiger partial charge in [-0.05, 0) is 147 Å². The highest BCUT2D eigenvalue weighted by atomic mass is 32.2. The molecule has 37 heteroatoms. The van der Waals surface area contributed by atoms with E-state index in [0.29, 0.717) is 49.9 Å². The van der Waals surface area contributed by atoms with Crippen LogP contribution in [0.1, 0.15) is 240 Å². The third-order valence-electron chi connectivity index (χ3n) is 23.4. The van der Waals surface area contributed by atoms with Crippen LogP contribution in [0.3, 0.4) is 0 Å². The summed E-state index contributed by atoms with van der Waals surface area (Å²) < 4.78 is 42.5. The minimum atomic E-state index is -4.58. The molecule has 0 aromatic heterocycles. The quantitative estimate of drug-likeness (QED) is 0.0128. The van der Waals surface area contributed by atoms with E-state index in [1.54, 1.807) is 12.3 Å². The highest BCUT2D eigenvalue weighted by Gasteiger charge is 2.46. The van der Waals surface area contributed by atoms with E-state index in [4.69, 9.17) is 4.74 Å². The largest absolute Gasteiger partial charge is 0.481 e. The average Bonchev–Trinajstić information content (AvgIpc) is 1.58. The first kappa shape index (κ1) is 109. The van der Waals surface area contributed by atoms with Crippen LogP contribution in [0.4, 0.5) is 11.4 Å². The van der Waals surface area contributed by atoms with Crippen LogP contribution in [0, 0.1) is 42.4 Å². The van der Waals surface area contributed by atoms with Crippen molar-refractivity contribution in [1.82, 2.24) is 31.9 Å². The molecule has 0 saturated heterocycles. The van der Waals surface area contributed by atoms with Crippen molar-refractivity contribution in [2.45, 2.75) is 276 Å². The maximum absolute atomic E-state index is 14.4. The van der Waals surface area contributed by atoms with Crippen LogP contribution >= 0.6 is 11.8 Å². The number of aryl methyl sites for hydroxylation is 1. The fourth-order valence-corrected chi connectivity index (χ4v) is 17.5. The van der Waals surface area contributed by atoms with E-state index >= 15 is 0 Å². The number of thioether (sulfide) groups is 1. The highest BCUT2D eigenvalue weighted by molar-refractivity contribution is 7.98. The minimum absolute atomic E-state index is 0.103. The molecule has 1 saturated carbocycles. The number of aliphatic carboxylic acids is 5. The van der Waals surface area contributed by atoms with Gasteiger partial charge in [-0.3, -0.25) is 90.9 Å². The number of hydrogen-bond donors (Lipinski definition) is 12. The van der Waals surface area contributed by atoms with E-state index in [1.807, 2.05) is 56.6 Å². The molecule has 6 amide bonds. The number of nitrogens with zero attached hydrogens (tertiary/aromatic N) is 2. The summed E-state index contributed by atoms with van der Waals surface area (Å²) in [6.45, 7) is 19.0. The van der Waals surface area contributed by atoms with E-state index in [1.165, 1.54) is 43.3 Å². The molecule has 35 nitrogen and oxygen atoms in total. The summed E-state index contributed by atoms with van der Waals surface area (Å²) in [5, 5.41) is 63.9. The predicted octanol–water partition coefficient (Wildman–Crippen LogP) is 8.30. The van der Waals surface area contributed by atoms with Crippen LogP contribution in [-0.2, 0) is 112 Å². The van der Waals surface area contributed by atoms with Crippen molar-refractivity contribution in [3.05, 3.63) is 89.2 Å². The number of carboxylic acid groups (broad SMARTS) is 5. The second-order valence-corrected chi connectivity index (χ2v) is 37.2. The van der Waals surface area contributed by atoms with Gasteiger partial charge in [0.1, 0.15) is 18.9 Å². The molecule has 10 atom stereocenters. The van der Waals surface area contributed by atoms with E-state index in [9.17, 15) is 125 Å². The lowest BCUT2D eigenvalue weighted by Gasteiger charge is -2.25. The van der Waals surface area contributed by atoms with Crippen molar-refractivity contribution in [2.24, 2.45) is 35.5 Å². The van der Waals surface area contributed by atoms with E-state index in [-0.39, 0.29) is 85.9 Å². The minimum Gasteiger partial charge on any atom is -0.481 e. The van der Waals surface area contributed by atoms with Crippen molar-refractivity contribution >= 4 is 145 Å². The van der Waals surface area contributed by atoms with Gasteiger partial charge in [0.25, 0.3) is 10.1 Å². The number of benzene rings is 2. The summed E-state index contributed by atoms with van der Waals surface area (Å²) in [7, 11) is -4.58. The van der Waals surface area contributed by atoms with Crippen LogP contribution in [0.25, 0.3) is 0 Å². The lowest BCUT2D eigenvalue weighted by Crippen LogP contribution is -2.48. The SMILES string of the molecule is CCN1C(=CC=CC=CC2=[N+](CCCCCC(=O)N[C@H](CCC(=O)O)C(=O)C[C@H](CCC(=O)O)C(=O)N[C@H](CCC(=O)O)C(=O)C[C@H](CCC(=O)O)C(=O)N[C@H](CCC(=O)O)C(=O)CCCOCC(=O)C3CCCC3C(=O)N[C@@H](CC(C)C)C(=O)CCC(=O)N[C@@H](CSC)C(=O)C[C@@H](C)C(=O)NCC(C)=O)c3ccc(S(=O)(=O)O)cc3C2(C)C)C(C)(C)c2cc(C)ccc21. The Morgan fingerprint density at radius 1 is 0.566 bits per heavy atom. The molecular formula is C92H129N8O27S2+. The number of unbranched alkanes of at least 4 members (excludes halogenated alkanes) is 2. The van der Waals surface area contributed by atoms with E-state index in [0.717, 1.165) is 29.2 Å². The van der Waals surface area contributed by atoms with Gasteiger partial charge < -0.3 is 67.1 Å². The molecule has 0 spiro atoms. The monoisotopic (exact) mass is 1840 g/mol. The number of ketones is 7. The number of fused-ring (bicyclic) bond motifs is 2. The van der Waals surface area contributed by atoms with Crippen molar-refractivity contribution < 1.29 is 134 Å². The molecular weight excluding hydrogens is 1710 g/mol. The molecule has 5 rings (SSSR count). The van der Waals surface area contributed by atoms with Gasteiger partial charge in [0.15, 0.2) is 40.4 Å². The molecule has 2 aliphatic heterocycles. The van der Waals surface area contributed by atoms with E-state index < -0.39 is 265 Å². The Balaban J connectivity index is 1.21. The summed E-state index contributed by atoms with van der Waals surface area (Å²) in [6, 6.07) is 3.83. The maximum atomic E-state index is 14.4. The Morgan fingerprint density at radius 2 is 1.10 bits per heavy atom. The molecule has 710 valence electrons. The molecule has 2 aromatic carbocycles. The van der Waals surface area contributed by atoms with Gasteiger partial charge >= 0.3 is 29.8 Å². The number of Topliss-reactive ketones (excluding diaryl/α,β-unsaturated/α-hetero) is 7. The number of likely N-dealkylation sites (N-methyl/N-ethyl adjacent to an activating group) is 1. The fourth-order valence-electron chi connectivity index (χ4n) is 16.3. The summed E-state index contributed by atoms with van der Waals surface area (Å²) in [6.07, 6.45) is 4.03. The molecule has 129 heavy (non-hydrogen) atoms. The van der Waals surface area contributed by atoms with E-state index in [2.05, 4.69) is 88.8 Å². The van der Waals surface area contributed by atoms with Crippen LogP contribution in [0.5, 0.6) is 0 Å². The number of carbonyl (C=O) groups is 18. The van der Waals surface area contributed by atoms with Gasteiger partial charge in [-0.25, -0.2) is 0 Å². The molecule has 12 N–H and O–H groups in total. The third kappa shape index (κ3) is 34.9. The van der Waals surface area contributed by atoms with Crippen molar-refractivity contribution in [3.63, 3.8) is 0 Å². The number of rotatable bonds is 62. The topological polar surface area (TPSA) is 550 Å². The fraction of sp³-hybridized carbons (Fsp3) is 0.598. The van der Waals surface area contributed by atoms with Gasteiger partial charge in [0, 0.05) is 166 Å². The molecule has 1 aliphatic carbocycles. The second kappa shape index (κ2) is 52.2. The zero-order chi connectivity index (χ0) is 96.4. The number of anilines is 1. The van der Waals surface area contributed by atoms with Crippen molar-refractivity contribution in [2.75, 3.05) is 49.8 Å². The van der Waals surface area contributed by atoms with Crippen molar-refractivity contribution in [1.29, 1.82) is 0 Å². The average molecular weight is 1840 g/mol. The van der Waals surface area contributed by atoms with Gasteiger partial charge in [-0.2, -0.15) is 24.8 Å². The predicted molar refractivity (Wildman–Crippen MR) is 477 cm³/mol. The summed E-state index contributed by atoms with van der Waals surface area (Å²) in [5.41, 5.74) is 5.72. The Hall–Kier alpha value is -10.8. The molecule has 0 radical (unpaired) electrons. The molecule has 2 unspecified atom stereocenters. The maximum Gasteiger partial charge on any atom is 0.303 e. The third-order valence-corrected chi connectivity index (χ3v) is 24.9. The number of amides is 6. The highest BCUT2D eigenvalue weighted by Crippen LogP contribution is 2.48. The summed E-state index contributed by atoms with van der Waals surface area (Å²) in [5.74, 6) is -21.8.